The van der Waals surface area contributed by atoms with Crippen LogP contribution in [0.25, 0.3) is 10.9 Å². The monoisotopic (exact) mass is 324 g/mol. The molecule has 0 radical (unpaired) electrons. The molecule has 116 valence electrons. The maximum atomic E-state index is 6.29. The second-order valence-corrected chi connectivity index (χ2v) is 6.18. The van der Waals surface area contributed by atoms with Crippen molar-refractivity contribution < 1.29 is 4.74 Å². The van der Waals surface area contributed by atoms with Crippen molar-refractivity contribution in [2.75, 3.05) is 13.2 Å². The van der Waals surface area contributed by atoms with Crippen LogP contribution in [0.15, 0.2) is 54.7 Å². The molecule has 23 heavy (non-hydrogen) atoms. The standard InChI is InChI=1S/C19H17ClN2O/c20-17-8-7-15(19-16(17)5-3-9-21-19)13-22-10-11-23-18-6-2-1-4-14(18)12-22/h1-9H,10-13H2. The van der Waals surface area contributed by atoms with Crippen LogP contribution in [-0.4, -0.2) is 23.0 Å². The number of benzene rings is 2. The number of nitrogens with zero attached hydrogens (tertiary/aromatic N) is 2. The van der Waals surface area contributed by atoms with Crippen molar-refractivity contribution >= 4 is 22.5 Å². The Morgan fingerprint density at radius 2 is 2.00 bits per heavy atom. The summed E-state index contributed by atoms with van der Waals surface area (Å²) in [6.07, 6.45) is 1.82. The van der Waals surface area contributed by atoms with E-state index in [0.29, 0.717) is 6.61 Å². The van der Waals surface area contributed by atoms with E-state index in [-0.39, 0.29) is 0 Å². The van der Waals surface area contributed by atoms with Gasteiger partial charge in [0, 0.05) is 41.8 Å². The number of ether oxygens (including phenoxy) is 1. The van der Waals surface area contributed by atoms with Gasteiger partial charge in [-0.2, -0.15) is 0 Å². The normalized spacial score (nSPS) is 15.0. The zero-order valence-electron chi connectivity index (χ0n) is 12.7. The van der Waals surface area contributed by atoms with Crippen molar-refractivity contribution in [3.05, 3.63) is 70.9 Å². The zero-order valence-corrected chi connectivity index (χ0v) is 13.5. The third-order valence-electron chi connectivity index (χ3n) is 4.23. The average Bonchev–Trinajstić information content (AvgIpc) is 2.79. The third kappa shape index (κ3) is 2.90. The fourth-order valence-corrected chi connectivity index (χ4v) is 3.30. The summed E-state index contributed by atoms with van der Waals surface area (Å²) in [6, 6.07) is 16.2. The van der Waals surface area contributed by atoms with Crippen LogP contribution in [0.5, 0.6) is 5.75 Å². The van der Waals surface area contributed by atoms with Gasteiger partial charge in [-0.15, -0.1) is 0 Å². The first-order valence-electron chi connectivity index (χ1n) is 7.76. The number of rotatable bonds is 2. The van der Waals surface area contributed by atoms with Gasteiger partial charge in [0.05, 0.1) is 5.52 Å². The lowest BCUT2D eigenvalue weighted by molar-refractivity contribution is 0.220. The molecule has 2 aromatic carbocycles. The topological polar surface area (TPSA) is 25.4 Å². The van der Waals surface area contributed by atoms with Gasteiger partial charge >= 0.3 is 0 Å². The predicted molar refractivity (Wildman–Crippen MR) is 92.8 cm³/mol. The van der Waals surface area contributed by atoms with Gasteiger partial charge in [0.2, 0.25) is 0 Å². The molecule has 1 aliphatic heterocycles. The quantitative estimate of drug-likeness (QED) is 0.703. The second kappa shape index (κ2) is 6.19. The Balaban J connectivity index is 1.65. The Kier molecular flexibility index (Phi) is 3.90. The van der Waals surface area contributed by atoms with Crippen molar-refractivity contribution in [1.82, 2.24) is 9.88 Å². The zero-order chi connectivity index (χ0) is 15.6. The molecule has 1 aromatic heterocycles. The van der Waals surface area contributed by atoms with Crippen LogP contribution in [-0.2, 0) is 13.1 Å². The number of halogens is 1. The van der Waals surface area contributed by atoms with Crippen LogP contribution in [0.1, 0.15) is 11.1 Å². The van der Waals surface area contributed by atoms with Crippen molar-refractivity contribution in [2.24, 2.45) is 0 Å². The molecule has 4 heteroatoms. The minimum atomic E-state index is 0.704. The van der Waals surface area contributed by atoms with E-state index in [1.807, 2.05) is 36.5 Å². The molecule has 0 amide bonds. The maximum Gasteiger partial charge on any atom is 0.123 e. The van der Waals surface area contributed by atoms with E-state index in [1.54, 1.807) is 0 Å². The molecule has 0 aliphatic carbocycles. The molecule has 0 fully saturated rings. The molecule has 3 nitrogen and oxygen atoms in total. The molecule has 0 atom stereocenters. The molecule has 0 saturated heterocycles. The van der Waals surface area contributed by atoms with E-state index in [4.69, 9.17) is 16.3 Å². The number of para-hydroxylation sites is 1. The molecular weight excluding hydrogens is 308 g/mol. The van der Waals surface area contributed by atoms with Crippen molar-refractivity contribution in [3.63, 3.8) is 0 Å². The average molecular weight is 325 g/mol. The fourth-order valence-electron chi connectivity index (χ4n) is 3.08. The van der Waals surface area contributed by atoms with Crippen molar-refractivity contribution in [1.29, 1.82) is 0 Å². The van der Waals surface area contributed by atoms with Gasteiger partial charge in [-0.3, -0.25) is 9.88 Å². The van der Waals surface area contributed by atoms with Gasteiger partial charge < -0.3 is 4.74 Å². The lowest BCUT2D eigenvalue weighted by atomic mass is 10.1. The van der Waals surface area contributed by atoms with Gasteiger partial charge in [-0.25, -0.2) is 0 Å². The molecule has 0 N–H and O–H groups in total. The summed E-state index contributed by atoms with van der Waals surface area (Å²) < 4.78 is 5.84. The highest BCUT2D eigenvalue weighted by molar-refractivity contribution is 6.35. The Hall–Kier alpha value is -2.10. The second-order valence-electron chi connectivity index (χ2n) is 5.77. The number of hydrogen-bond donors (Lipinski definition) is 0. The largest absolute Gasteiger partial charge is 0.492 e. The third-order valence-corrected chi connectivity index (χ3v) is 4.56. The van der Waals surface area contributed by atoms with Crippen LogP contribution < -0.4 is 4.74 Å². The molecule has 1 aliphatic rings. The molecule has 0 unspecified atom stereocenters. The number of hydrogen-bond acceptors (Lipinski definition) is 3. The summed E-state index contributed by atoms with van der Waals surface area (Å²) in [6.45, 7) is 3.32. The number of aromatic nitrogens is 1. The minimum absolute atomic E-state index is 0.704. The summed E-state index contributed by atoms with van der Waals surface area (Å²) in [5.74, 6) is 0.995. The lowest BCUT2D eigenvalue weighted by Crippen LogP contribution is -2.25. The smallest absolute Gasteiger partial charge is 0.123 e. The summed E-state index contributed by atoms with van der Waals surface area (Å²) in [5, 5.41) is 1.76. The fraction of sp³-hybridized carbons (Fsp3) is 0.211. The van der Waals surface area contributed by atoms with Crippen LogP contribution in [0.2, 0.25) is 5.02 Å². The van der Waals surface area contributed by atoms with Crippen LogP contribution in [0.4, 0.5) is 0 Å². The SMILES string of the molecule is Clc1ccc(CN2CCOc3ccccc3C2)c2ncccc12. The molecule has 0 spiro atoms. The van der Waals surface area contributed by atoms with Crippen molar-refractivity contribution in [3.8, 4) is 5.75 Å². The van der Waals surface area contributed by atoms with E-state index in [9.17, 15) is 0 Å². The summed E-state index contributed by atoms with van der Waals surface area (Å²) in [7, 11) is 0. The molecule has 0 saturated carbocycles. The van der Waals surface area contributed by atoms with Gasteiger partial charge in [0.15, 0.2) is 0 Å². The molecule has 2 heterocycles. The highest BCUT2D eigenvalue weighted by atomic mass is 35.5. The first-order valence-corrected chi connectivity index (χ1v) is 8.14. The van der Waals surface area contributed by atoms with Gasteiger partial charge in [0.25, 0.3) is 0 Å². The Bertz CT molecular complexity index is 850. The highest BCUT2D eigenvalue weighted by Gasteiger charge is 2.16. The molecular formula is C19H17ClN2O. The highest BCUT2D eigenvalue weighted by Crippen LogP contribution is 2.27. The first-order chi connectivity index (χ1) is 11.3. The van der Waals surface area contributed by atoms with Gasteiger partial charge in [-0.1, -0.05) is 35.9 Å². The van der Waals surface area contributed by atoms with E-state index in [2.05, 4.69) is 28.1 Å². The maximum absolute atomic E-state index is 6.29. The lowest BCUT2D eigenvalue weighted by Gasteiger charge is -2.20. The summed E-state index contributed by atoms with van der Waals surface area (Å²) in [4.78, 5) is 6.92. The summed E-state index contributed by atoms with van der Waals surface area (Å²) >= 11 is 6.29. The Labute approximate surface area is 140 Å². The van der Waals surface area contributed by atoms with E-state index in [1.165, 1.54) is 11.1 Å². The molecule has 4 rings (SSSR count). The summed E-state index contributed by atoms with van der Waals surface area (Å²) in [5.41, 5.74) is 3.42. The molecule has 0 bridgehead atoms. The van der Waals surface area contributed by atoms with E-state index < -0.39 is 0 Å². The Morgan fingerprint density at radius 3 is 2.96 bits per heavy atom. The predicted octanol–water partition coefficient (Wildman–Crippen LogP) is 4.28. The van der Waals surface area contributed by atoms with Gasteiger partial charge in [0.1, 0.15) is 12.4 Å². The molecule has 3 aromatic rings. The van der Waals surface area contributed by atoms with E-state index >= 15 is 0 Å². The van der Waals surface area contributed by atoms with Crippen LogP contribution in [0.3, 0.4) is 0 Å². The Morgan fingerprint density at radius 1 is 1.09 bits per heavy atom. The first kappa shape index (κ1) is 14.5. The van der Waals surface area contributed by atoms with Gasteiger partial charge in [-0.05, 0) is 29.8 Å². The number of fused-ring (bicyclic) bond motifs is 2. The van der Waals surface area contributed by atoms with Crippen LogP contribution >= 0.6 is 11.6 Å². The number of pyridine rings is 1. The minimum Gasteiger partial charge on any atom is -0.492 e. The van der Waals surface area contributed by atoms with Crippen LogP contribution in [0, 0.1) is 0 Å². The van der Waals surface area contributed by atoms with Crippen molar-refractivity contribution in [2.45, 2.75) is 13.1 Å². The van der Waals surface area contributed by atoms with E-state index in [0.717, 1.165) is 41.3 Å².